The summed E-state index contributed by atoms with van der Waals surface area (Å²) in [5, 5.41) is 13.8. The van der Waals surface area contributed by atoms with Gasteiger partial charge in [-0.2, -0.15) is 4.98 Å². The molecule has 4 N–H and O–H groups in total. The van der Waals surface area contributed by atoms with Crippen LogP contribution in [0.5, 0.6) is 0 Å². The predicted molar refractivity (Wildman–Crippen MR) is 128 cm³/mol. The molecule has 0 saturated heterocycles. The van der Waals surface area contributed by atoms with Crippen molar-refractivity contribution in [2.75, 3.05) is 10.6 Å². The summed E-state index contributed by atoms with van der Waals surface area (Å²) in [4.78, 5) is 13.4. The highest BCUT2D eigenvalue weighted by Gasteiger charge is 2.13. The summed E-state index contributed by atoms with van der Waals surface area (Å²) >= 11 is 0. The van der Waals surface area contributed by atoms with E-state index in [1.54, 1.807) is 31.3 Å². The molecule has 0 aliphatic carbocycles. The number of sulfonamides is 1. The first-order valence-corrected chi connectivity index (χ1v) is 11.4. The zero-order valence-corrected chi connectivity index (χ0v) is 19.6. The van der Waals surface area contributed by atoms with Crippen LogP contribution in [0.1, 0.15) is 25.0 Å². The molecule has 1 atom stereocenters. The van der Waals surface area contributed by atoms with Gasteiger partial charge in [-0.25, -0.2) is 18.5 Å². The van der Waals surface area contributed by atoms with Crippen molar-refractivity contribution in [2.24, 2.45) is 10.1 Å². The number of aryl methyl sites for hydroxylation is 1. The van der Waals surface area contributed by atoms with Gasteiger partial charge in [0.2, 0.25) is 16.0 Å². The Hall–Kier alpha value is -3.01. The molecule has 1 aromatic heterocycles. The molecule has 32 heavy (non-hydrogen) atoms. The van der Waals surface area contributed by atoms with E-state index in [0.29, 0.717) is 29.6 Å². The van der Waals surface area contributed by atoms with Gasteiger partial charge in [0.15, 0.2) is 0 Å². The highest BCUT2D eigenvalue weighted by Crippen LogP contribution is 2.21. The van der Waals surface area contributed by atoms with Crippen LogP contribution in [0, 0.1) is 6.92 Å². The van der Waals surface area contributed by atoms with Crippen LogP contribution >= 0.6 is 12.4 Å². The Morgan fingerprint density at radius 3 is 2.62 bits per heavy atom. The standard InChI is InChI=1S/C22H24N6O2S.ClH/c1-13-4-6-17(11-20(13)31(23,29)30)27-22-24-9-8-21(28-22)25-12-16-5-7-18-14(2)15(3)26-19(18)10-16;/h4-11,15H,12H2,1-3H3,(H2,23,29,30)(H2,24,25,27,28);1H. The SMILES string of the molecule is CC1=c2ccc(CNc3ccnc(Nc4ccc(C)c(S(N)(=O)=O)c4)n3)cc2=NC1C.Cl. The van der Waals surface area contributed by atoms with Gasteiger partial charge >= 0.3 is 0 Å². The van der Waals surface area contributed by atoms with Gasteiger partial charge in [0.05, 0.1) is 16.3 Å². The van der Waals surface area contributed by atoms with Crippen LogP contribution in [0.2, 0.25) is 0 Å². The number of hydrogen-bond donors (Lipinski definition) is 3. The number of aromatic nitrogens is 2. The molecule has 4 rings (SSSR count). The molecule has 0 saturated carbocycles. The van der Waals surface area contributed by atoms with E-state index in [1.165, 1.54) is 16.9 Å². The number of hydrogen-bond acceptors (Lipinski definition) is 7. The minimum absolute atomic E-state index is 0. The Labute approximate surface area is 193 Å². The number of rotatable bonds is 6. The highest BCUT2D eigenvalue weighted by molar-refractivity contribution is 7.89. The van der Waals surface area contributed by atoms with Crippen molar-refractivity contribution in [1.29, 1.82) is 0 Å². The average Bonchev–Trinajstić information content (AvgIpc) is 3.00. The lowest BCUT2D eigenvalue weighted by Gasteiger charge is -2.10. The summed E-state index contributed by atoms with van der Waals surface area (Å²) in [6.45, 7) is 6.50. The van der Waals surface area contributed by atoms with Gasteiger partial charge in [-0.3, -0.25) is 4.99 Å². The van der Waals surface area contributed by atoms with Gasteiger partial charge < -0.3 is 10.6 Å². The molecule has 2 aromatic carbocycles. The maximum atomic E-state index is 11.7. The number of primary sulfonamides is 1. The van der Waals surface area contributed by atoms with Gasteiger partial charge in [0.1, 0.15) is 5.82 Å². The first-order valence-electron chi connectivity index (χ1n) is 9.86. The van der Waals surface area contributed by atoms with Crippen LogP contribution in [0.3, 0.4) is 0 Å². The minimum Gasteiger partial charge on any atom is -0.366 e. The summed E-state index contributed by atoms with van der Waals surface area (Å²) in [5.41, 5.74) is 3.51. The fourth-order valence-corrected chi connectivity index (χ4v) is 4.29. The Morgan fingerprint density at radius 2 is 1.88 bits per heavy atom. The monoisotopic (exact) mass is 472 g/mol. The van der Waals surface area contributed by atoms with E-state index < -0.39 is 10.0 Å². The van der Waals surface area contributed by atoms with E-state index in [1.807, 2.05) is 0 Å². The van der Waals surface area contributed by atoms with Crippen molar-refractivity contribution in [3.05, 3.63) is 70.4 Å². The number of fused-ring (bicyclic) bond motifs is 1. The van der Waals surface area contributed by atoms with Gasteiger partial charge in [-0.1, -0.05) is 18.2 Å². The second-order valence-corrected chi connectivity index (χ2v) is 9.14. The van der Waals surface area contributed by atoms with E-state index in [-0.39, 0.29) is 23.3 Å². The third-order valence-electron chi connectivity index (χ3n) is 5.33. The number of nitrogens with two attached hydrogens (primary N) is 1. The van der Waals surface area contributed by atoms with Crippen molar-refractivity contribution in [3.8, 4) is 0 Å². The molecule has 8 nitrogen and oxygen atoms in total. The molecule has 0 spiro atoms. The van der Waals surface area contributed by atoms with Gasteiger partial charge in [0.25, 0.3) is 0 Å². The van der Waals surface area contributed by atoms with Crippen molar-refractivity contribution >= 4 is 45.5 Å². The fourth-order valence-electron chi connectivity index (χ4n) is 3.48. The van der Waals surface area contributed by atoms with E-state index in [9.17, 15) is 8.42 Å². The van der Waals surface area contributed by atoms with Gasteiger partial charge in [0, 0.05) is 23.6 Å². The molecule has 0 bridgehead atoms. The predicted octanol–water partition coefficient (Wildman–Crippen LogP) is 2.40. The number of anilines is 3. The van der Waals surface area contributed by atoms with Gasteiger partial charge in [-0.15, -0.1) is 12.4 Å². The highest BCUT2D eigenvalue weighted by atomic mass is 35.5. The number of benzene rings is 2. The summed E-state index contributed by atoms with van der Waals surface area (Å²) in [7, 11) is -3.81. The molecule has 0 amide bonds. The summed E-state index contributed by atoms with van der Waals surface area (Å²) in [5.74, 6) is 0.988. The Balaban J connectivity index is 0.00000289. The minimum atomic E-state index is -3.81. The quantitative estimate of drug-likeness (QED) is 0.506. The second kappa shape index (κ2) is 9.23. The van der Waals surface area contributed by atoms with E-state index in [0.717, 1.165) is 10.9 Å². The van der Waals surface area contributed by atoms with Gasteiger partial charge in [-0.05, 0) is 61.7 Å². The second-order valence-electron chi connectivity index (χ2n) is 7.61. The summed E-state index contributed by atoms with van der Waals surface area (Å²) < 4.78 is 23.5. The largest absolute Gasteiger partial charge is 0.366 e. The van der Waals surface area contributed by atoms with Crippen molar-refractivity contribution < 1.29 is 8.42 Å². The normalized spacial score (nSPS) is 14.9. The molecule has 3 aromatic rings. The Bertz CT molecular complexity index is 1390. The van der Waals surface area contributed by atoms with Crippen LogP contribution in [0.4, 0.5) is 17.5 Å². The summed E-state index contributed by atoms with van der Waals surface area (Å²) in [6, 6.07) is 13.2. The van der Waals surface area contributed by atoms with Crippen LogP contribution in [0.25, 0.3) is 5.57 Å². The molecule has 168 valence electrons. The van der Waals surface area contributed by atoms with Crippen LogP contribution in [-0.4, -0.2) is 24.4 Å². The molecule has 1 unspecified atom stereocenters. The zero-order valence-electron chi connectivity index (χ0n) is 18.0. The van der Waals surface area contributed by atoms with Crippen molar-refractivity contribution in [1.82, 2.24) is 9.97 Å². The number of nitrogens with zero attached hydrogens (tertiary/aromatic N) is 3. The first-order chi connectivity index (χ1) is 14.7. The van der Waals surface area contributed by atoms with E-state index in [2.05, 4.69) is 57.6 Å². The molecular formula is C22H25ClN6O2S. The zero-order chi connectivity index (χ0) is 22.2. The maximum absolute atomic E-state index is 11.7. The molecule has 0 fully saturated rings. The van der Waals surface area contributed by atoms with Crippen LogP contribution < -0.4 is 26.3 Å². The molecule has 1 aliphatic heterocycles. The first kappa shape index (κ1) is 23.6. The van der Waals surface area contributed by atoms with E-state index >= 15 is 0 Å². The lowest BCUT2D eigenvalue weighted by molar-refractivity contribution is 0.597. The molecule has 1 aliphatic rings. The van der Waals surface area contributed by atoms with Crippen molar-refractivity contribution in [3.63, 3.8) is 0 Å². The lowest BCUT2D eigenvalue weighted by Crippen LogP contribution is -2.23. The van der Waals surface area contributed by atoms with Crippen LogP contribution in [-0.2, 0) is 16.6 Å². The summed E-state index contributed by atoms with van der Waals surface area (Å²) in [6.07, 6.45) is 1.63. The third-order valence-corrected chi connectivity index (χ3v) is 6.38. The smallest absolute Gasteiger partial charge is 0.238 e. The number of nitrogens with one attached hydrogen (secondary N) is 2. The maximum Gasteiger partial charge on any atom is 0.238 e. The Morgan fingerprint density at radius 1 is 1.09 bits per heavy atom. The van der Waals surface area contributed by atoms with E-state index in [4.69, 9.17) is 5.14 Å². The van der Waals surface area contributed by atoms with Crippen LogP contribution in [0.15, 0.2) is 58.5 Å². The molecule has 2 heterocycles. The molecule has 10 heteroatoms. The molecular weight excluding hydrogens is 448 g/mol. The fraction of sp³-hybridized carbons (Fsp3) is 0.227. The number of halogens is 1. The van der Waals surface area contributed by atoms with Crippen molar-refractivity contribution in [2.45, 2.75) is 38.3 Å². The topological polar surface area (TPSA) is 122 Å². The Kier molecular flexibility index (Phi) is 6.82. The average molecular weight is 473 g/mol. The third kappa shape index (κ3) is 5.07. The molecule has 0 radical (unpaired) electrons. The lowest BCUT2D eigenvalue weighted by atomic mass is 10.1.